The zero-order chi connectivity index (χ0) is 14.7. The number of amides is 2. The van der Waals surface area contributed by atoms with Crippen LogP contribution in [-0.2, 0) is 14.3 Å². The molecule has 2 rings (SSSR count). The average Bonchev–Trinajstić information content (AvgIpc) is 3.09. The van der Waals surface area contributed by atoms with Crippen molar-refractivity contribution in [1.29, 1.82) is 0 Å². The van der Waals surface area contributed by atoms with E-state index in [2.05, 4.69) is 10.6 Å². The van der Waals surface area contributed by atoms with E-state index in [1.54, 1.807) is 0 Å². The van der Waals surface area contributed by atoms with Gasteiger partial charge in [-0.2, -0.15) is 0 Å². The molecule has 2 aliphatic rings. The smallest absolute Gasteiger partial charge is 0.326 e. The van der Waals surface area contributed by atoms with E-state index in [0.29, 0.717) is 18.9 Å². The normalized spacial score (nSPS) is 26.8. The minimum Gasteiger partial charge on any atom is -0.481 e. The van der Waals surface area contributed by atoms with Crippen LogP contribution in [0.5, 0.6) is 0 Å². The molecule has 1 aliphatic carbocycles. The van der Waals surface area contributed by atoms with Gasteiger partial charge in [0, 0.05) is 6.61 Å². The summed E-state index contributed by atoms with van der Waals surface area (Å²) < 4.78 is 5.55. The Morgan fingerprint density at radius 1 is 1.20 bits per heavy atom. The van der Waals surface area contributed by atoms with Crippen LogP contribution in [0.3, 0.4) is 0 Å². The maximum Gasteiger partial charge on any atom is 0.326 e. The molecule has 0 spiro atoms. The van der Waals surface area contributed by atoms with Crippen LogP contribution in [0.25, 0.3) is 0 Å². The molecule has 0 aromatic rings. The summed E-state index contributed by atoms with van der Waals surface area (Å²) in [6, 6.07) is -2.24. The molecule has 112 valence electrons. The van der Waals surface area contributed by atoms with Crippen LogP contribution in [0, 0.1) is 5.92 Å². The predicted molar refractivity (Wildman–Crippen MR) is 66.2 cm³/mol. The first kappa shape index (κ1) is 14.6. The Morgan fingerprint density at radius 3 is 2.45 bits per heavy atom. The third-order valence-electron chi connectivity index (χ3n) is 3.52. The molecule has 0 aromatic carbocycles. The Hall–Kier alpha value is -1.83. The minimum atomic E-state index is -1.44. The predicted octanol–water partition coefficient (Wildman–Crippen LogP) is -0.219. The summed E-state index contributed by atoms with van der Waals surface area (Å²) in [5, 5.41) is 22.3. The number of carboxylic acids is 2. The largest absolute Gasteiger partial charge is 0.481 e. The van der Waals surface area contributed by atoms with Crippen LogP contribution < -0.4 is 10.6 Å². The molecule has 1 saturated heterocycles. The highest BCUT2D eigenvalue weighted by Crippen LogP contribution is 2.38. The highest BCUT2D eigenvalue weighted by molar-refractivity contribution is 5.86. The van der Waals surface area contributed by atoms with Crippen LogP contribution in [0.2, 0.25) is 0 Å². The lowest BCUT2D eigenvalue weighted by molar-refractivity contribution is -0.145. The number of aliphatic carboxylic acids is 2. The van der Waals surface area contributed by atoms with Crippen LogP contribution in [0.4, 0.5) is 4.79 Å². The van der Waals surface area contributed by atoms with Crippen molar-refractivity contribution in [2.75, 3.05) is 6.61 Å². The van der Waals surface area contributed by atoms with Crippen molar-refractivity contribution < 1.29 is 29.3 Å². The Morgan fingerprint density at radius 2 is 1.90 bits per heavy atom. The standard InChI is InChI=1S/C12H18N2O6/c15-9(16)5-8(11(17)18)14-12(19)13-7-3-4-20-10(7)6-1-2-6/h6-8,10H,1-5H2,(H,15,16)(H,17,18)(H2,13,14,19). The molecule has 0 aromatic heterocycles. The molecule has 1 heterocycles. The summed E-state index contributed by atoms with van der Waals surface area (Å²) in [4.78, 5) is 33.1. The van der Waals surface area contributed by atoms with Crippen molar-refractivity contribution in [2.24, 2.45) is 5.92 Å². The molecule has 2 amide bonds. The first-order chi connectivity index (χ1) is 9.47. The van der Waals surface area contributed by atoms with Gasteiger partial charge in [0.1, 0.15) is 6.04 Å². The molecular formula is C12H18N2O6. The number of ether oxygens (including phenoxy) is 1. The second-order valence-electron chi connectivity index (χ2n) is 5.17. The fraction of sp³-hybridized carbons (Fsp3) is 0.750. The highest BCUT2D eigenvalue weighted by Gasteiger charge is 2.41. The van der Waals surface area contributed by atoms with Crippen molar-refractivity contribution in [3.05, 3.63) is 0 Å². The van der Waals surface area contributed by atoms with E-state index in [9.17, 15) is 14.4 Å². The maximum atomic E-state index is 11.7. The molecule has 0 radical (unpaired) electrons. The number of carbonyl (C=O) groups is 3. The number of rotatable bonds is 6. The summed E-state index contributed by atoms with van der Waals surface area (Å²) in [7, 11) is 0. The first-order valence-corrected chi connectivity index (χ1v) is 6.60. The quantitative estimate of drug-likeness (QED) is 0.535. The van der Waals surface area contributed by atoms with Crippen molar-refractivity contribution in [2.45, 2.75) is 43.9 Å². The topological polar surface area (TPSA) is 125 Å². The summed E-state index contributed by atoms with van der Waals surface area (Å²) in [5.41, 5.74) is 0. The molecule has 1 saturated carbocycles. The van der Waals surface area contributed by atoms with E-state index in [1.807, 2.05) is 0 Å². The molecule has 3 atom stereocenters. The van der Waals surface area contributed by atoms with Crippen molar-refractivity contribution in [3.63, 3.8) is 0 Å². The van der Waals surface area contributed by atoms with Gasteiger partial charge in [-0.3, -0.25) is 4.79 Å². The second-order valence-corrected chi connectivity index (χ2v) is 5.17. The number of nitrogens with one attached hydrogen (secondary N) is 2. The van der Waals surface area contributed by atoms with Gasteiger partial charge < -0.3 is 25.6 Å². The van der Waals surface area contributed by atoms with Gasteiger partial charge in [-0.15, -0.1) is 0 Å². The summed E-state index contributed by atoms with van der Waals surface area (Å²) in [6.45, 7) is 0.573. The lowest BCUT2D eigenvalue weighted by atomic mass is 10.1. The molecular weight excluding hydrogens is 268 g/mol. The minimum absolute atomic E-state index is 0.0106. The molecule has 3 unspecified atom stereocenters. The number of carboxylic acid groups (broad SMARTS) is 2. The van der Waals surface area contributed by atoms with Gasteiger partial charge in [-0.25, -0.2) is 9.59 Å². The number of carbonyl (C=O) groups excluding carboxylic acids is 1. The Labute approximate surface area is 115 Å². The first-order valence-electron chi connectivity index (χ1n) is 6.60. The van der Waals surface area contributed by atoms with Crippen molar-refractivity contribution in [3.8, 4) is 0 Å². The molecule has 1 aliphatic heterocycles. The SMILES string of the molecule is O=C(O)CC(NC(=O)NC1CCOC1C1CC1)C(=O)O. The molecule has 20 heavy (non-hydrogen) atoms. The third kappa shape index (κ3) is 3.83. The lowest BCUT2D eigenvalue weighted by Crippen LogP contribution is -2.51. The average molecular weight is 286 g/mol. The van der Waals surface area contributed by atoms with E-state index in [0.717, 1.165) is 12.8 Å². The van der Waals surface area contributed by atoms with Gasteiger partial charge in [-0.05, 0) is 25.2 Å². The van der Waals surface area contributed by atoms with Crippen LogP contribution in [0.15, 0.2) is 0 Å². The fourth-order valence-electron chi connectivity index (χ4n) is 2.40. The number of urea groups is 1. The summed E-state index contributed by atoms with van der Waals surface area (Å²) in [5.74, 6) is -2.18. The zero-order valence-electron chi connectivity index (χ0n) is 10.9. The Balaban J connectivity index is 1.84. The Bertz CT molecular complexity index is 409. The van der Waals surface area contributed by atoms with E-state index >= 15 is 0 Å². The van der Waals surface area contributed by atoms with E-state index in [-0.39, 0.29) is 12.1 Å². The second kappa shape index (κ2) is 6.08. The van der Waals surface area contributed by atoms with Gasteiger partial charge in [0.05, 0.1) is 18.6 Å². The van der Waals surface area contributed by atoms with E-state index < -0.39 is 30.4 Å². The molecule has 8 heteroatoms. The van der Waals surface area contributed by atoms with Gasteiger partial charge in [-0.1, -0.05) is 0 Å². The van der Waals surface area contributed by atoms with Gasteiger partial charge >= 0.3 is 18.0 Å². The summed E-state index contributed by atoms with van der Waals surface area (Å²) >= 11 is 0. The van der Waals surface area contributed by atoms with Gasteiger partial charge in [0.15, 0.2) is 0 Å². The van der Waals surface area contributed by atoms with E-state index in [4.69, 9.17) is 14.9 Å². The number of hydrogen-bond acceptors (Lipinski definition) is 4. The van der Waals surface area contributed by atoms with Crippen LogP contribution >= 0.6 is 0 Å². The summed E-state index contributed by atoms with van der Waals surface area (Å²) in [6.07, 6.45) is 2.19. The molecule has 8 nitrogen and oxygen atoms in total. The van der Waals surface area contributed by atoms with Crippen molar-refractivity contribution in [1.82, 2.24) is 10.6 Å². The highest BCUT2D eigenvalue weighted by atomic mass is 16.5. The van der Waals surface area contributed by atoms with E-state index in [1.165, 1.54) is 0 Å². The van der Waals surface area contributed by atoms with Gasteiger partial charge in [0.25, 0.3) is 0 Å². The lowest BCUT2D eigenvalue weighted by Gasteiger charge is -2.21. The number of hydrogen-bond donors (Lipinski definition) is 4. The molecule has 4 N–H and O–H groups in total. The Kier molecular flexibility index (Phi) is 4.43. The third-order valence-corrected chi connectivity index (χ3v) is 3.52. The van der Waals surface area contributed by atoms with Crippen LogP contribution in [0.1, 0.15) is 25.7 Å². The fourth-order valence-corrected chi connectivity index (χ4v) is 2.40. The van der Waals surface area contributed by atoms with Gasteiger partial charge in [0.2, 0.25) is 0 Å². The monoisotopic (exact) mass is 286 g/mol. The maximum absolute atomic E-state index is 11.7. The zero-order valence-corrected chi connectivity index (χ0v) is 10.9. The van der Waals surface area contributed by atoms with Crippen LogP contribution in [-0.4, -0.2) is 53.0 Å². The molecule has 0 bridgehead atoms. The molecule has 2 fully saturated rings. The van der Waals surface area contributed by atoms with Crippen molar-refractivity contribution >= 4 is 18.0 Å².